The molecule has 6 heteroatoms. The molecule has 0 aliphatic carbocycles. The fourth-order valence-electron chi connectivity index (χ4n) is 2.98. The number of carbonyl (C=O) groups is 1. The maximum absolute atomic E-state index is 12.5. The van der Waals surface area contributed by atoms with Gasteiger partial charge in [0, 0.05) is 38.4 Å². The van der Waals surface area contributed by atoms with Crippen molar-refractivity contribution in [1.29, 1.82) is 0 Å². The van der Waals surface area contributed by atoms with Crippen LogP contribution in [-0.4, -0.2) is 67.4 Å². The van der Waals surface area contributed by atoms with Crippen LogP contribution in [0, 0.1) is 0 Å². The van der Waals surface area contributed by atoms with E-state index in [0.29, 0.717) is 39.3 Å². The number of hydrogen-bond acceptors (Lipinski definition) is 5. The smallest absolute Gasteiger partial charge is 0.223 e. The first-order valence-electron chi connectivity index (χ1n) is 7.87. The summed E-state index contributed by atoms with van der Waals surface area (Å²) in [5.41, 5.74) is 0.705. The number of nitrogens with one attached hydrogen (secondary N) is 1. The molecule has 120 valence electrons. The molecule has 3 heterocycles. The number of pyridine rings is 1. The highest BCUT2D eigenvalue weighted by Crippen LogP contribution is 2.20. The van der Waals surface area contributed by atoms with Gasteiger partial charge in [0.05, 0.1) is 26.4 Å². The molecule has 2 fully saturated rings. The molecule has 1 atom stereocenters. The highest BCUT2D eigenvalue weighted by molar-refractivity contribution is 5.76. The Labute approximate surface area is 130 Å². The summed E-state index contributed by atoms with van der Waals surface area (Å²) in [5.74, 6) is 0.177. The topological polar surface area (TPSA) is 63.7 Å². The van der Waals surface area contributed by atoms with Crippen LogP contribution < -0.4 is 5.32 Å². The first kappa shape index (κ1) is 15.4. The molecule has 1 aromatic heterocycles. The molecule has 3 rings (SSSR count). The number of ether oxygens (including phenoxy) is 2. The lowest BCUT2D eigenvalue weighted by molar-refractivity contribution is -0.158. The van der Waals surface area contributed by atoms with Crippen molar-refractivity contribution in [2.75, 3.05) is 46.0 Å². The zero-order valence-electron chi connectivity index (χ0n) is 12.8. The number of aryl methyl sites for hydroxylation is 1. The van der Waals surface area contributed by atoms with E-state index in [-0.39, 0.29) is 5.91 Å². The highest BCUT2D eigenvalue weighted by atomic mass is 16.5. The zero-order chi connectivity index (χ0) is 15.3. The van der Waals surface area contributed by atoms with Crippen molar-refractivity contribution < 1.29 is 14.3 Å². The van der Waals surface area contributed by atoms with Crippen LogP contribution in [0.5, 0.6) is 0 Å². The summed E-state index contributed by atoms with van der Waals surface area (Å²) >= 11 is 0. The maximum Gasteiger partial charge on any atom is 0.223 e. The van der Waals surface area contributed by atoms with E-state index in [0.717, 1.165) is 25.1 Å². The Balaban J connectivity index is 1.55. The molecule has 6 nitrogen and oxygen atoms in total. The molecule has 1 unspecified atom stereocenters. The van der Waals surface area contributed by atoms with Crippen LogP contribution in [0.1, 0.15) is 12.0 Å². The molecule has 0 radical (unpaired) electrons. The number of morpholine rings is 1. The number of hydrogen-bond donors (Lipinski definition) is 1. The van der Waals surface area contributed by atoms with Crippen LogP contribution in [0.2, 0.25) is 0 Å². The van der Waals surface area contributed by atoms with Crippen LogP contribution in [0.3, 0.4) is 0 Å². The number of aromatic nitrogens is 1. The van der Waals surface area contributed by atoms with E-state index in [1.54, 1.807) is 6.20 Å². The number of nitrogens with zero attached hydrogens (tertiary/aromatic N) is 2. The average Bonchev–Trinajstić information content (AvgIpc) is 2.79. The average molecular weight is 305 g/mol. The second kappa shape index (κ2) is 7.17. The Morgan fingerprint density at radius 2 is 2.41 bits per heavy atom. The fourth-order valence-corrected chi connectivity index (χ4v) is 2.98. The summed E-state index contributed by atoms with van der Waals surface area (Å²) in [6.07, 6.45) is 4.80. The summed E-state index contributed by atoms with van der Waals surface area (Å²) in [4.78, 5) is 18.5. The van der Waals surface area contributed by atoms with Gasteiger partial charge in [-0.1, -0.05) is 6.07 Å². The van der Waals surface area contributed by atoms with Gasteiger partial charge in [-0.2, -0.15) is 0 Å². The number of carbonyl (C=O) groups excluding carboxylic acids is 1. The SMILES string of the molecule is O=C(CCc1cccnc1)N1CCOC2(CNCCOC2)C1. The highest BCUT2D eigenvalue weighted by Gasteiger charge is 2.39. The van der Waals surface area contributed by atoms with E-state index in [1.807, 2.05) is 23.2 Å². The van der Waals surface area contributed by atoms with Crippen LogP contribution in [0.4, 0.5) is 0 Å². The lowest BCUT2D eigenvalue weighted by atomic mass is 10.0. The lowest BCUT2D eigenvalue weighted by Gasteiger charge is -2.41. The van der Waals surface area contributed by atoms with Crippen LogP contribution in [0.25, 0.3) is 0 Å². The van der Waals surface area contributed by atoms with Gasteiger partial charge in [-0.15, -0.1) is 0 Å². The second-order valence-corrected chi connectivity index (χ2v) is 5.94. The molecule has 22 heavy (non-hydrogen) atoms. The molecule has 0 bridgehead atoms. The standard InChI is InChI=1S/C16H23N3O3/c20-15(4-3-14-2-1-5-17-10-14)19-7-9-22-16(12-19)11-18-6-8-21-13-16/h1-2,5,10,18H,3-4,6-9,11-13H2. The minimum absolute atomic E-state index is 0.177. The molecule has 2 aliphatic heterocycles. The third-order valence-electron chi connectivity index (χ3n) is 4.19. The Morgan fingerprint density at radius 3 is 3.27 bits per heavy atom. The lowest BCUT2D eigenvalue weighted by Crippen LogP contribution is -2.59. The van der Waals surface area contributed by atoms with Gasteiger partial charge in [0.2, 0.25) is 5.91 Å². The quantitative estimate of drug-likeness (QED) is 0.866. The minimum Gasteiger partial charge on any atom is -0.377 e. The molecule has 1 N–H and O–H groups in total. The van der Waals surface area contributed by atoms with Crippen molar-refractivity contribution >= 4 is 5.91 Å². The van der Waals surface area contributed by atoms with Gasteiger partial charge >= 0.3 is 0 Å². The predicted octanol–water partition coefficient (Wildman–Crippen LogP) is 0.232. The van der Waals surface area contributed by atoms with Gasteiger partial charge in [-0.3, -0.25) is 9.78 Å². The van der Waals surface area contributed by atoms with Gasteiger partial charge in [-0.25, -0.2) is 0 Å². The zero-order valence-corrected chi connectivity index (χ0v) is 12.8. The summed E-state index contributed by atoms with van der Waals surface area (Å²) in [7, 11) is 0. The molecule has 2 aliphatic rings. The molecule has 0 saturated carbocycles. The molecular weight excluding hydrogens is 282 g/mol. The Kier molecular flexibility index (Phi) is 5.02. The third kappa shape index (κ3) is 3.82. The van der Waals surface area contributed by atoms with E-state index in [1.165, 1.54) is 0 Å². The van der Waals surface area contributed by atoms with Gasteiger partial charge in [-0.05, 0) is 18.1 Å². The van der Waals surface area contributed by atoms with E-state index in [2.05, 4.69) is 10.3 Å². The molecule has 1 spiro atoms. The van der Waals surface area contributed by atoms with Crippen molar-refractivity contribution in [3.05, 3.63) is 30.1 Å². The molecule has 2 saturated heterocycles. The largest absolute Gasteiger partial charge is 0.377 e. The predicted molar refractivity (Wildman–Crippen MR) is 81.5 cm³/mol. The van der Waals surface area contributed by atoms with E-state index in [9.17, 15) is 4.79 Å². The Hall–Kier alpha value is -1.50. The van der Waals surface area contributed by atoms with Gasteiger partial charge in [0.15, 0.2) is 0 Å². The van der Waals surface area contributed by atoms with Crippen LogP contribution in [0.15, 0.2) is 24.5 Å². The first-order chi connectivity index (χ1) is 10.8. The summed E-state index contributed by atoms with van der Waals surface area (Å²) in [6.45, 7) is 4.65. The van der Waals surface area contributed by atoms with Crippen molar-refractivity contribution in [2.45, 2.75) is 18.4 Å². The van der Waals surface area contributed by atoms with Crippen molar-refractivity contribution in [3.8, 4) is 0 Å². The molecule has 0 aromatic carbocycles. The van der Waals surface area contributed by atoms with E-state index < -0.39 is 5.60 Å². The summed E-state index contributed by atoms with van der Waals surface area (Å²) < 4.78 is 11.5. The number of amides is 1. The summed E-state index contributed by atoms with van der Waals surface area (Å²) in [6, 6.07) is 3.90. The maximum atomic E-state index is 12.5. The van der Waals surface area contributed by atoms with Crippen LogP contribution >= 0.6 is 0 Å². The first-order valence-corrected chi connectivity index (χ1v) is 7.87. The van der Waals surface area contributed by atoms with Gasteiger partial charge in [0.25, 0.3) is 0 Å². The monoisotopic (exact) mass is 305 g/mol. The summed E-state index contributed by atoms with van der Waals surface area (Å²) in [5, 5.41) is 3.33. The van der Waals surface area contributed by atoms with E-state index in [4.69, 9.17) is 9.47 Å². The fraction of sp³-hybridized carbons (Fsp3) is 0.625. The molecular formula is C16H23N3O3. The number of rotatable bonds is 3. The van der Waals surface area contributed by atoms with Crippen molar-refractivity contribution in [3.63, 3.8) is 0 Å². The van der Waals surface area contributed by atoms with E-state index >= 15 is 0 Å². The Morgan fingerprint density at radius 1 is 1.45 bits per heavy atom. The molecule has 1 amide bonds. The van der Waals surface area contributed by atoms with Crippen molar-refractivity contribution in [1.82, 2.24) is 15.2 Å². The normalized spacial score (nSPS) is 25.9. The van der Waals surface area contributed by atoms with Crippen molar-refractivity contribution in [2.24, 2.45) is 0 Å². The minimum atomic E-state index is -0.390. The second-order valence-electron chi connectivity index (χ2n) is 5.94. The van der Waals surface area contributed by atoms with Gasteiger partial charge in [0.1, 0.15) is 5.60 Å². The Bertz CT molecular complexity index is 487. The molecule has 1 aromatic rings. The van der Waals surface area contributed by atoms with Crippen LogP contribution in [-0.2, 0) is 20.7 Å². The van der Waals surface area contributed by atoms with Gasteiger partial charge < -0.3 is 19.7 Å². The third-order valence-corrected chi connectivity index (χ3v) is 4.19.